The van der Waals surface area contributed by atoms with Gasteiger partial charge >= 0.3 is 0 Å². The Kier molecular flexibility index (Phi) is 3.77. The second-order valence-corrected chi connectivity index (χ2v) is 8.00. The molecule has 7 heteroatoms. The van der Waals surface area contributed by atoms with E-state index in [-0.39, 0.29) is 17.9 Å². The zero-order valence-corrected chi connectivity index (χ0v) is 15.6. The Balaban J connectivity index is 1.55. The molecule has 2 N–H and O–H groups in total. The molecule has 3 aromatic heterocycles. The van der Waals surface area contributed by atoms with Crippen molar-refractivity contribution < 1.29 is 9.32 Å². The van der Waals surface area contributed by atoms with Gasteiger partial charge in [0.05, 0.1) is 34.6 Å². The van der Waals surface area contributed by atoms with Gasteiger partial charge in [0.1, 0.15) is 0 Å². The topological polar surface area (TPSA) is 96.7 Å². The number of nitrogens with zero attached hydrogens (tertiary/aromatic N) is 3. The van der Waals surface area contributed by atoms with Gasteiger partial charge in [-0.25, -0.2) is 4.98 Å². The zero-order valence-electron chi connectivity index (χ0n) is 15.6. The van der Waals surface area contributed by atoms with Crippen molar-refractivity contribution in [1.29, 1.82) is 0 Å². The molecule has 3 heterocycles. The minimum atomic E-state index is -0.0955. The number of H-pyrrole nitrogens is 1. The van der Waals surface area contributed by atoms with Crippen LogP contribution < -0.4 is 5.32 Å². The van der Waals surface area contributed by atoms with Crippen molar-refractivity contribution in [1.82, 2.24) is 25.7 Å². The highest BCUT2D eigenvalue weighted by Crippen LogP contribution is 2.41. The third kappa shape index (κ3) is 2.81. The standard InChI is InChI=1S/C20H23N5O2/c1-10(2)17-16-13(8-15(11-6-7-11)23-20(16)27-25-17)19(26)22-14-5-3-4-12-9-21-24-18(12)14/h8-11,14H,3-7H2,1-2H3,(H,21,24)(H,22,26). The Labute approximate surface area is 156 Å². The molecule has 0 spiro atoms. The molecule has 1 fully saturated rings. The largest absolute Gasteiger partial charge is 0.344 e. The summed E-state index contributed by atoms with van der Waals surface area (Å²) in [6.07, 6.45) is 7.05. The van der Waals surface area contributed by atoms with E-state index in [0.29, 0.717) is 17.2 Å². The normalized spacial score (nSPS) is 19.4. The summed E-state index contributed by atoms with van der Waals surface area (Å²) in [4.78, 5) is 17.9. The zero-order chi connectivity index (χ0) is 18.5. The van der Waals surface area contributed by atoms with Crippen LogP contribution in [0, 0.1) is 0 Å². The lowest BCUT2D eigenvalue weighted by atomic mass is 9.93. The second kappa shape index (κ2) is 6.18. The molecule has 2 aliphatic carbocycles. The van der Waals surface area contributed by atoms with E-state index in [1.807, 2.05) is 26.1 Å². The van der Waals surface area contributed by atoms with Crippen molar-refractivity contribution in [2.24, 2.45) is 0 Å². The second-order valence-electron chi connectivity index (χ2n) is 8.00. The highest BCUT2D eigenvalue weighted by Gasteiger charge is 2.31. The van der Waals surface area contributed by atoms with Gasteiger partial charge < -0.3 is 9.84 Å². The Morgan fingerprint density at radius 3 is 2.96 bits per heavy atom. The van der Waals surface area contributed by atoms with Crippen LogP contribution in [0.2, 0.25) is 0 Å². The highest BCUT2D eigenvalue weighted by molar-refractivity contribution is 6.06. The van der Waals surface area contributed by atoms with E-state index < -0.39 is 0 Å². The predicted molar refractivity (Wildman–Crippen MR) is 99.6 cm³/mol. The molecule has 1 saturated carbocycles. The number of nitrogens with one attached hydrogen (secondary N) is 2. The monoisotopic (exact) mass is 365 g/mol. The van der Waals surface area contributed by atoms with Crippen molar-refractivity contribution in [2.45, 2.75) is 63.8 Å². The fourth-order valence-corrected chi connectivity index (χ4v) is 4.00. The average Bonchev–Trinajstić information content (AvgIpc) is 3.23. The maximum Gasteiger partial charge on any atom is 0.259 e. The molecule has 3 aromatic rings. The molecule has 5 rings (SSSR count). The predicted octanol–water partition coefficient (Wildman–Crippen LogP) is 3.75. The minimum Gasteiger partial charge on any atom is -0.344 e. The number of carbonyl (C=O) groups excluding carboxylic acids is 1. The maximum absolute atomic E-state index is 13.3. The Morgan fingerprint density at radius 2 is 2.19 bits per heavy atom. The summed E-state index contributed by atoms with van der Waals surface area (Å²) in [7, 11) is 0. The average molecular weight is 365 g/mol. The first-order valence-electron chi connectivity index (χ1n) is 9.75. The third-order valence-electron chi connectivity index (χ3n) is 5.62. The van der Waals surface area contributed by atoms with E-state index in [0.717, 1.165) is 54.6 Å². The number of hydrogen-bond donors (Lipinski definition) is 2. The van der Waals surface area contributed by atoms with Crippen LogP contribution >= 0.6 is 0 Å². The van der Waals surface area contributed by atoms with E-state index in [2.05, 4.69) is 25.7 Å². The number of hydrogen-bond acceptors (Lipinski definition) is 5. The number of aryl methyl sites for hydroxylation is 1. The van der Waals surface area contributed by atoms with Gasteiger partial charge in [0.2, 0.25) is 0 Å². The molecule has 1 unspecified atom stereocenters. The SMILES string of the molecule is CC(C)c1noc2nc(C3CC3)cc(C(=O)NC3CCCc4cn[nH]c43)c12. The number of aromatic amines is 1. The van der Waals surface area contributed by atoms with Gasteiger partial charge in [-0.15, -0.1) is 0 Å². The molecule has 27 heavy (non-hydrogen) atoms. The van der Waals surface area contributed by atoms with E-state index in [4.69, 9.17) is 4.52 Å². The summed E-state index contributed by atoms with van der Waals surface area (Å²) in [5.74, 6) is 0.490. The minimum absolute atomic E-state index is 0.0429. The van der Waals surface area contributed by atoms with Crippen LogP contribution in [0.5, 0.6) is 0 Å². The van der Waals surface area contributed by atoms with Gasteiger partial charge in [-0.1, -0.05) is 19.0 Å². The Bertz CT molecular complexity index is 1010. The van der Waals surface area contributed by atoms with Crippen molar-refractivity contribution in [2.75, 3.05) is 0 Å². The number of fused-ring (bicyclic) bond motifs is 2. The summed E-state index contributed by atoms with van der Waals surface area (Å²) in [6, 6.07) is 1.90. The van der Waals surface area contributed by atoms with Gasteiger partial charge in [0, 0.05) is 11.6 Å². The van der Waals surface area contributed by atoms with Crippen LogP contribution in [-0.2, 0) is 6.42 Å². The first kappa shape index (κ1) is 16.5. The van der Waals surface area contributed by atoms with Crippen LogP contribution in [0.15, 0.2) is 16.8 Å². The number of rotatable bonds is 4. The summed E-state index contributed by atoms with van der Waals surface area (Å²) in [6.45, 7) is 4.09. The fourth-order valence-electron chi connectivity index (χ4n) is 4.00. The molecular weight excluding hydrogens is 342 g/mol. The lowest BCUT2D eigenvalue weighted by molar-refractivity contribution is 0.0933. The molecule has 140 valence electrons. The van der Waals surface area contributed by atoms with Gasteiger partial charge in [0.15, 0.2) is 0 Å². The molecule has 0 aromatic carbocycles. The van der Waals surface area contributed by atoms with Crippen LogP contribution in [0.3, 0.4) is 0 Å². The van der Waals surface area contributed by atoms with Crippen molar-refractivity contribution in [3.05, 3.63) is 40.5 Å². The van der Waals surface area contributed by atoms with Crippen molar-refractivity contribution in [3.8, 4) is 0 Å². The highest BCUT2D eigenvalue weighted by atomic mass is 16.5. The third-order valence-corrected chi connectivity index (χ3v) is 5.62. The summed E-state index contributed by atoms with van der Waals surface area (Å²) in [5, 5.41) is 15.4. The molecule has 1 amide bonds. The molecular formula is C20H23N5O2. The first-order valence-corrected chi connectivity index (χ1v) is 9.75. The first-order chi connectivity index (χ1) is 13.1. The van der Waals surface area contributed by atoms with E-state index in [1.165, 1.54) is 5.56 Å². The lowest BCUT2D eigenvalue weighted by Gasteiger charge is -2.23. The number of amides is 1. The number of pyridine rings is 1. The van der Waals surface area contributed by atoms with Crippen LogP contribution in [0.25, 0.3) is 11.1 Å². The molecule has 7 nitrogen and oxygen atoms in total. The fraction of sp³-hybridized carbons (Fsp3) is 0.500. The summed E-state index contributed by atoms with van der Waals surface area (Å²) >= 11 is 0. The smallest absolute Gasteiger partial charge is 0.259 e. The quantitative estimate of drug-likeness (QED) is 0.734. The van der Waals surface area contributed by atoms with E-state index in [1.54, 1.807) is 0 Å². The Hall–Kier alpha value is -2.70. The Morgan fingerprint density at radius 1 is 1.33 bits per heavy atom. The van der Waals surface area contributed by atoms with E-state index >= 15 is 0 Å². The lowest BCUT2D eigenvalue weighted by Crippen LogP contribution is -2.31. The van der Waals surface area contributed by atoms with Gasteiger partial charge in [-0.05, 0) is 49.7 Å². The van der Waals surface area contributed by atoms with E-state index in [9.17, 15) is 4.79 Å². The molecule has 2 aliphatic rings. The van der Waals surface area contributed by atoms with Gasteiger partial charge in [-0.2, -0.15) is 5.10 Å². The molecule has 0 radical (unpaired) electrons. The number of aromatic nitrogens is 4. The van der Waals surface area contributed by atoms with Gasteiger partial charge in [-0.3, -0.25) is 9.89 Å². The van der Waals surface area contributed by atoms with Crippen LogP contribution in [0.4, 0.5) is 0 Å². The van der Waals surface area contributed by atoms with Crippen LogP contribution in [0.1, 0.15) is 90.4 Å². The van der Waals surface area contributed by atoms with Crippen molar-refractivity contribution >= 4 is 17.0 Å². The molecule has 0 bridgehead atoms. The maximum atomic E-state index is 13.3. The molecule has 1 atom stereocenters. The summed E-state index contributed by atoms with van der Waals surface area (Å²) < 4.78 is 5.50. The van der Waals surface area contributed by atoms with Crippen molar-refractivity contribution in [3.63, 3.8) is 0 Å². The number of carbonyl (C=O) groups is 1. The van der Waals surface area contributed by atoms with Crippen LogP contribution in [-0.4, -0.2) is 26.2 Å². The van der Waals surface area contributed by atoms with Gasteiger partial charge in [0.25, 0.3) is 11.6 Å². The molecule has 0 aliphatic heterocycles. The molecule has 0 saturated heterocycles. The summed E-state index contributed by atoms with van der Waals surface area (Å²) in [5.41, 5.74) is 5.04.